The van der Waals surface area contributed by atoms with Crippen LogP contribution >= 0.6 is 17.0 Å². The summed E-state index contributed by atoms with van der Waals surface area (Å²) in [7, 11) is 3.24. The van der Waals surface area contributed by atoms with Crippen LogP contribution in [0.2, 0.25) is 0 Å². The average molecular weight is 588 g/mol. The maximum Gasteiger partial charge on any atom is 0.254 e. The zero-order chi connectivity index (χ0) is 26.9. The SMILES string of the molecule is Br.CCOc1cc2c(cc1C(=O)NC)C(=N)N(CC(=O)c1cc(NC3CCC3)c(OC)c(C(C)(C)C)c1)C2. The maximum absolute atomic E-state index is 13.6. The minimum Gasteiger partial charge on any atom is -0.494 e. The van der Waals surface area contributed by atoms with Crippen molar-refractivity contribution in [3.8, 4) is 11.5 Å². The molecule has 0 saturated heterocycles. The second-order valence-electron chi connectivity index (χ2n) is 10.8. The molecule has 1 aliphatic heterocycles. The smallest absolute Gasteiger partial charge is 0.254 e. The lowest BCUT2D eigenvalue weighted by Crippen LogP contribution is -2.31. The van der Waals surface area contributed by atoms with Crippen LogP contribution in [-0.4, -0.2) is 55.8 Å². The van der Waals surface area contributed by atoms with E-state index in [0.29, 0.717) is 41.6 Å². The van der Waals surface area contributed by atoms with Crippen molar-refractivity contribution in [2.75, 3.05) is 32.6 Å². The van der Waals surface area contributed by atoms with Gasteiger partial charge in [-0.1, -0.05) is 20.8 Å². The van der Waals surface area contributed by atoms with Crippen LogP contribution in [0, 0.1) is 5.41 Å². The highest BCUT2D eigenvalue weighted by molar-refractivity contribution is 8.93. The Labute approximate surface area is 235 Å². The van der Waals surface area contributed by atoms with Crippen LogP contribution in [-0.2, 0) is 12.0 Å². The van der Waals surface area contributed by atoms with Crippen molar-refractivity contribution in [2.45, 2.75) is 65.0 Å². The number of benzene rings is 2. The minimum atomic E-state index is -0.270. The molecule has 0 aromatic heterocycles. The quantitative estimate of drug-likeness (QED) is 0.344. The molecule has 2 aromatic carbocycles. The molecule has 8 nitrogen and oxygen atoms in total. The highest BCUT2D eigenvalue weighted by Gasteiger charge is 2.31. The molecule has 206 valence electrons. The summed E-state index contributed by atoms with van der Waals surface area (Å²) in [5, 5.41) is 15.0. The van der Waals surface area contributed by atoms with Crippen LogP contribution < -0.4 is 20.1 Å². The molecular formula is C29H39BrN4O4. The van der Waals surface area contributed by atoms with Gasteiger partial charge in [0.1, 0.15) is 17.3 Å². The van der Waals surface area contributed by atoms with Crippen LogP contribution in [0.1, 0.15) is 84.4 Å². The van der Waals surface area contributed by atoms with Gasteiger partial charge in [-0.05, 0) is 61.4 Å². The van der Waals surface area contributed by atoms with E-state index in [2.05, 4.69) is 31.4 Å². The van der Waals surface area contributed by atoms with Gasteiger partial charge in [-0.2, -0.15) is 0 Å². The van der Waals surface area contributed by atoms with E-state index in [0.717, 1.165) is 35.4 Å². The van der Waals surface area contributed by atoms with Crippen molar-refractivity contribution >= 4 is 40.2 Å². The molecule has 38 heavy (non-hydrogen) atoms. The van der Waals surface area contributed by atoms with Crippen LogP contribution in [0.15, 0.2) is 24.3 Å². The van der Waals surface area contributed by atoms with Crippen LogP contribution in [0.25, 0.3) is 0 Å². The molecule has 1 aliphatic carbocycles. The van der Waals surface area contributed by atoms with E-state index in [9.17, 15) is 9.59 Å². The van der Waals surface area contributed by atoms with E-state index < -0.39 is 0 Å². The fourth-order valence-corrected chi connectivity index (χ4v) is 4.86. The van der Waals surface area contributed by atoms with E-state index in [1.807, 2.05) is 25.1 Å². The highest BCUT2D eigenvalue weighted by Crippen LogP contribution is 2.40. The topological polar surface area (TPSA) is 104 Å². The summed E-state index contributed by atoms with van der Waals surface area (Å²) < 4.78 is 11.5. The van der Waals surface area contributed by atoms with Gasteiger partial charge in [-0.25, -0.2) is 0 Å². The van der Waals surface area contributed by atoms with Gasteiger partial charge in [0.15, 0.2) is 5.78 Å². The average Bonchev–Trinajstić information content (AvgIpc) is 3.13. The molecule has 0 spiro atoms. The summed E-state index contributed by atoms with van der Waals surface area (Å²) in [4.78, 5) is 27.8. The number of hydrogen-bond donors (Lipinski definition) is 3. The number of amides is 1. The van der Waals surface area contributed by atoms with Gasteiger partial charge in [-0.15, -0.1) is 17.0 Å². The van der Waals surface area contributed by atoms with Crippen LogP contribution in [0.3, 0.4) is 0 Å². The summed E-state index contributed by atoms with van der Waals surface area (Å²) in [6.07, 6.45) is 3.42. The van der Waals surface area contributed by atoms with Crippen LogP contribution in [0.4, 0.5) is 5.69 Å². The third kappa shape index (κ3) is 5.82. The van der Waals surface area contributed by atoms with Gasteiger partial charge in [0.25, 0.3) is 5.91 Å². The van der Waals surface area contributed by atoms with Gasteiger partial charge in [0, 0.05) is 36.3 Å². The number of hydrogen-bond acceptors (Lipinski definition) is 6. The Hall–Kier alpha value is -3.07. The molecule has 1 heterocycles. The summed E-state index contributed by atoms with van der Waals surface area (Å²) >= 11 is 0. The number of fused-ring (bicyclic) bond motifs is 1. The third-order valence-corrected chi connectivity index (χ3v) is 7.13. The summed E-state index contributed by atoms with van der Waals surface area (Å²) in [5.41, 5.74) is 4.09. The predicted octanol–water partition coefficient (Wildman–Crippen LogP) is 5.32. The van der Waals surface area contributed by atoms with Crippen LogP contribution in [0.5, 0.6) is 11.5 Å². The Balaban J connectivity index is 0.00000400. The molecule has 0 atom stereocenters. The van der Waals surface area contributed by atoms with E-state index in [4.69, 9.17) is 14.9 Å². The zero-order valence-corrected chi connectivity index (χ0v) is 24.8. The van der Waals surface area contributed by atoms with Gasteiger partial charge >= 0.3 is 0 Å². The van der Waals surface area contributed by atoms with Gasteiger partial charge < -0.3 is 25.0 Å². The van der Waals surface area contributed by atoms with E-state index in [1.165, 1.54) is 6.42 Å². The fourth-order valence-electron chi connectivity index (χ4n) is 4.86. The molecule has 1 amide bonds. The molecule has 2 aliphatic rings. The maximum atomic E-state index is 13.6. The molecule has 3 N–H and O–H groups in total. The first-order valence-electron chi connectivity index (χ1n) is 12.9. The molecule has 0 radical (unpaired) electrons. The lowest BCUT2D eigenvalue weighted by molar-refractivity contribution is 0.0953. The summed E-state index contributed by atoms with van der Waals surface area (Å²) in [5.74, 6) is 1.15. The number of amidine groups is 1. The number of nitrogens with zero attached hydrogens (tertiary/aromatic N) is 1. The number of Topliss-reactive ketones (excluding diaryl/α,β-unsaturated/α-hetero) is 1. The lowest BCUT2D eigenvalue weighted by atomic mass is 9.84. The second kappa shape index (κ2) is 11.8. The summed E-state index contributed by atoms with van der Waals surface area (Å²) in [6, 6.07) is 7.71. The number of methoxy groups -OCH3 is 1. The standard InChI is InChI=1S/C29H38N4O4.BrH/c1-7-37-25-13-18-15-33(27(30)20(18)14-21(25)28(35)31-5)16-24(34)17-11-22(29(2,3)4)26(36-6)23(12-17)32-19-9-8-10-19;/h11-14,19,30,32H,7-10,15-16H2,1-6H3,(H,31,35);1H. The lowest BCUT2D eigenvalue weighted by Gasteiger charge is -2.31. The first-order valence-corrected chi connectivity index (χ1v) is 12.9. The number of anilines is 1. The Bertz CT molecular complexity index is 1230. The summed E-state index contributed by atoms with van der Waals surface area (Å²) in [6.45, 7) is 9.09. The van der Waals surface area contributed by atoms with Crippen molar-refractivity contribution in [2.24, 2.45) is 0 Å². The first-order chi connectivity index (χ1) is 17.6. The van der Waals surface area contributed by atoms with Gasteiger partial charge in [-0.3, -0.25) is 15.0 Å². The first kappa shape index (κ1) is 29.5. The molecule has 0 unspecified atom stereocenters. The van der Waals surface area contributed by atoms with Crippen molar-refractivity contribution in [3.05, 3.63) is 52.1 Å². The molecule has 9 heteroatoms. The zero-order valence-electron chi connectivity index (χ0n) is 23.1. The largest absolute Gasteiger partial charge is 0.494 e. The molecule has 1 fully saturated rings. The number of rotatable bonds is 9. The Morgan fingerprint density at radius 3 is 2.42 bits per heavy atom. The normalized spacial score (nSPS) is 14.8. The Morgan fingerprint density at radius 1 is 1.16 bits per heavy atom. The van der Waals surface area contributed by atoms with E-state index >= 15 is 0 Å². The highest BCUT2D eigenvalue weighted by atomic mass is 79.9. The number of carbonyl (C=O) groups is 2. The number of ether oxygens (including phenoxy) is 2. The minimum absolute atomic E-state index is 0. The number of ketones is 1. The Kier molecular flexibility index (Phi) is 9.13. The molecule has 0 bridgehead atoms. The number of halogens is 1. The van der Waals surface area contributed by atoms with Gasteiger partial charge in [0.05, 0.1) is 31.5 Å². The van der Waals surface area contributed by atoms with E-state index in [1.54, 1.807) is 25.1 Å². The van der Waals surface area contributed by atoms with E-state index in [-0.39, 0.29) is 46.5 Å². The van der Waals surface area contributed by atoms with Crippen molar-refractivity contribution in [1.29, 1.82) is 5.41 Å². The molecule has 4 rings (SSSR count). The molecular weight excluding hydrogens is 548 g/mol. The Morgan fingerprint density at radius 2 is 1.87 bits per heavy atom. The predicted molar refractivity (Wildman–Crippen MR) is 156 cm³/mol. The molecule has 2 aromatic rings. The third-order valence-electron chi connectivity index (χ3n) is 7.13. The van der Waals surface area contributed by atoms with Crippen molar-refractivity contribution < 1.29 is 19.1 Å². The van der Waals surface area contributed by atoms with Crippen molar-refractivity contribution in [3.63, 3.8) is 0 Å². The van der Waals surface area contributed by atoms with Gasteiger partial charge in [0.2, 0.25) is 0 Å². The monoisotopic (exact) mass is 586 g/mol. The molecule has 1 saturated carbocycles. The number of carbonyl (C=O) groups excluding carboxylic acids is 2. The fraction of sp³-hybridized carbons (Fsp3) is 0.483. The number of nitrogens with one attached hydrogen (secondary N) is 3. The second-order valence-corrected chi connectivity index (χ2v) is 10.8. The van der Waals surface area contributed by atoms with Crippen molar-refractivity contribution in [1.82, 2.24) is 10.2 Å².